The first-order valence-corrected chi connectivity index (χ1v) is 8.47. The number of hydrogen-bond donors (Lipinski definition) is 2. The lowest BCUT2D eigenvalue weighted by molar-refractivity contribution is 0.321. The number of benzene rings is 1. The first-order valence-electron chi connectivity index (χ1n) is 8.47. The number of nitrogens with one attached hydrogen (secondary N) is 2. The number of pyridine rings is 1. The molecule has 148 valence electrons. The highest BCUT2D eigenvalue weighted by molar-refractivity contribution is 14.0. The van der Waals surface area contributed by atoms with Gasteiger partial charge in [-0.2, -0.15) is 0 Å². The van der Waals surface area contributed by atoms with Crippen LogP contribution in [0.15, 0.2) is 47.5 Å². The van der Waals surface area contributed by atoms with Gasteiger partial charge in [-0.15, -0.1) is 24.0 Å². The first-order chi connectivity index (χ1) is 12.6. The van der Waals surface area contributed by atoms with Crippen molar-refractivity contribution >= 4 is 35.8 Å². The fraction of sp³-hybridized carbons (Fsp3) is 0.368. The molecule has 0 bridgehead atoms. The second kappa shape index (κ2) is 12.2. The quantitative estimate of drug-likeness (QED) is 0.259. The fourth-order valence-corrected chi connectivity index (χ4v) is 2.22. The van der Waals surface area contributed by atoms with E-state index >= 15 is 0 Å². The van der Waals surface area contributed by atoms with Crippen LogP contribution in [-0.2, 0) is 6.54 Å². The van der Waals surface area contributed by atoms with Crippen molar-refractivity contribution in [3.8, 4) is 11.5 Å². The normalized spacial score (nSPS) is 10.6. The smallest absolute Gasteiger partial charge is 0.191 e. The van der Waals surface area contributed by atoms with Crippen molar-refractivity contribution in [1.82, 2.24) is 15.6 Å². The van der Waals surface area contributed by atoms with Crippen LogP contribution in [-0.4, -0.2) is 52.3 Å². The van der Waals surface area contributed by atoms with Crippen molar-refractivity contribution in [2.24, 2.45) is 4.99 Å². The number of ether oxygens (including phenoxy) is 2. The minimum Gasteiger partial charge on any atom is -0.497 e. The van der Waals surface area contributed by atoms with Crippen molar-refractivity contribution in [1.29, 1.82) is 0 Å². The molecule has 1 heterocycles. The highest BCUT2D eigenvalue weighted by Crippen LogP contribution is 2.16. The molecule has 0 radical (unpaired) electrons. The highest BCUT2D eigenvalue weighted by Gasteiger charge is 2.02. The molecule has 0 aliphatic heterocycles. The van der Waals surface area contributed by atoms with Crippen LogP contribution in [0.3, 0.4) is 0 Å². The zero-order chi connectivity index (χ0) is 18.8. The summed E-state index contributed by atoms with van der Waals surface area (Å²) in [5, 5.41) is 6.47. The highest BCUT2D eigenvalue weighted by atomic mass is 127. The first kappa shape index (κ1) is 22.8. The van der Waals surface area contributed by atoms with Gasteiger partial charge in [0.05, 0.1) is 25.9 Å². The summed E-state index contributed by atoms with van der Waals surface area (Å²) in [6, 6.07) is 13.5. The molecule has 0 saturated carbocycles. The molecule has 0 aliphatic rings. The Labute approximate surface area is 178 Å². The van der Waals surface area contributed by atoms with E-state index in [0.717, 1.165) is 23.0 Å². The van der Waals surface area contributed by atoms with Gasteiger partial charge in [0.1, 0.15) is 23.9 Å². The topological polar surface area (TPSA) is 71.0 Å². The van der Waals surface area contributed by atoms with Gasteiger partial charge in [-0.3, -0.25) is 4.99 Å². The minimum atomic E-state index is 0. The summed E-state index contributed by atoms with van der Waals surface area (Å²) in [6.45, 7) is 1.76. The molecule has 0 saturated heterocycles. The van der Waals surface area contributed by atoms with Gasteiger partial charge in [-0.25, -0.2) is 4.98 Å². The van der Waals surface area contributed by atoms with Gasteiger partial charge < -0.3 is 25.0 Å². The molecule has 2 aromatic rings. The van der Waals surface area contributed by atoms with Gasteiger partial charge in [-0.05, 0) is 36.4 Å². The Balaban J connectivity index is 0.00000364. The summed E-state index contributed by atoms with van der Waals surface area (Å²) >= 11 is 0. The number of methoxy groups -OCH3 is 1. The van der Waals surface area contributed by atoms with Crippen LogP contribution in [0.1, 0.15) is 5.69 Å². The molecule has 0 aliphatic carbocycles. The third-order valence-electron chi connectivity index (χ3n) is 3.63. The zero-order valence-corrected chi connectivity index (χ0v) is 18.6. The Morgan fingerprint density at radius 1 is 1.07 bits per heavy atom. The van der Waals surface area contributed by atoms with Crippen LogP contribution in [0.2, 0.25) is 0 Å². The molecule has 27 heavy (non-hydrogen) atoms. The average molecular weight is 485 g/mol. The van der Waals surface area contributed by atoms with Crippen molar-refractivity contribution in [2.45, 2.75) is 6.54 Å². The number of rotatable bonds is 8. The van der Waals surface area contributed by atoms with Crippen molar-refractivity contribution < 1.29 is 9.47 Å². The molecule has 2 rings (SSSR count). The molecule has 7 nitrogen and oxygen atoms in total. The molecule has 0 spiro atoms. The fourth-order valence-electron chi connectivity index (χ4n) is 2.22. The van der Waals surface area contributed by atoms with Crippen molar-refractivity contribution in [2.75, 3.05) is 46.3 Å². The molecule has 0 fully saturated rings. The maximum absolute atomic E-state index is 5.69. The van der Waals surface area contributed by atoms with E-state index in [1.807, 2.05) is 61.5 Å². The number of nitrogens with zero attached hydrogens (tertiary/aromatic N) is 3. The minimum absolute atomic E-state index is 0. The molecule has 0 amide bonds. The summed E-state index contributed by atoms with van der Waals surface area (Å²) in [4.78, 5) is 10.8. The van der Waals surface area contributed by atoms with Crippen LogP contribution in [0.25, 0.3) is 0 Å². The van der Waals surface area contributed by atoms with E-state index < -0.39 is 0 Å². The van der Waals surface area contributed by atoms with E-state index in [-0.39, 0.29) is 24.0 Å². The Morgan fingerprint density at radius 2 is 1.78 bits per heavy atom. The Bertz CT molecular complexity index is 708. The van der Waals surface area contributed by atoms with Crippen LogP contribution >= 0.6 is 24.0 Å². The Hall–Kier alpha value is -2.23. The molecular weight excluding hydrogens is 457 g/mol. The summed E-state index contributed by atoms with van der Waals surface area (Å²) in [7, 11) is 7.33. The van der Waals surface area contributed by atoms with Crippen LogP contribution in [0.5, 0.6) is 11.5 Å². The zero-order valence-electron chi connectivity index (χ0n) is 16.2. The lowest BCUT2D eigenvalue weighted by atomic mass is 10.3. The van der Waals surface area contributed by atoms with E-state index in [2.05, 4.69) is 20.6 Å². The molecule has 0 atom stereocenters. The standard InChI is InChI=1S/C19H27N5O2.HI/c1-20-19(22-14-15-6-5-7-18(23-15)24(2)3)21-12-13-26-17-10-8-16(25-4)9-11-17;/h5-11H,12-14H2,1-4H3,(H2,20,21,22);1H. The molecule has 8 heteroatoms. The molecule has 2 N–H and O–H groups in total. The number of guanidine groups is 1. The van der Waals surface area contributed by atoms with Crippen LogP contribution < -0.4 is 25.0 Å². The predicted octanol–water partition coefficient (Wildman–Crippen LogP) is 2.52. The average Bonchev–Trinajstić information content (AvgIpc) is 2.68. The lowest BCUT2D eigenvalue weighted by Crippen LogP contribution is -2.39. The van der Waals surface area contributed by atoms with E-state index in [1.165, 1.54) is 0 Å². The van der Waals surface area contributed by atoms with E-state index in [9.17, 15) is 0 Å². The number of hydrogen-bond acceptors (Lipinski definition) is 5. The predicted molar refractivity (Wildman–Crippen MR) is 121 cm³/mol. The Kier molecular flexibility index (Phi) is 10.3. The molecule has 1 aromatic carbocycles. The van der Waals surface area contributed by atoms with E-state index in [4.69, 9.17) is 9.47 Å². The van der Waals surface area contributed by atoms with Gasteiger partial charge in [0.15, 0.2) is 5.96 Å². The van der Waals surface area contributed by atoms with Crippen molar-refractivity contribution in [3.05, 3.63) is 48.2 Å². The summed E-state index contributed by atoms with van der Waals surface area (Å²) in [5.41, 5.74) is 0.952. The monoisotopic (exact) mass is 485 g/mol. The molecule has 1 aromatic heterocycles. The second-order valence-corrected chi connectivity index (χ2v) is 5.76. The number of anilines is 1. The molecule has 0 unspecified atom stereocenters. The van der Waals surface area contributed by atoms with Crippen LogP contribution in [0, 0.1) is 0 Å². The summed E-state index contributed by atoms with van der Waals surface area (Å²) < 4.78 is 10.8. The SMILES string of the molecule is CN=C(NCCOc1ccc(OC)cc1)NCc1cccc(N(C)C)n1.I. The summed E-state index contributed by atoms with van der Waals surface area (Å²) in [5.74, 6) is 3.26. The lowest BCUT2D eigenvalue weighted by Gasteiger charge is -2.14. The van der Waals surface area contributed by atoms with Gasteiger partial charge in [0, 0.05) is 21.1 Å². The van der Waals surface area contributed by atoms with Gasteiger partial charge >= 0.3 is 0 Å². The summed E-state index contributed by atoms with van der Waals surface area (Å²) in [6.07, 6.45) is 0. The Morgan fingerprint density at radius 3 is 2.41 bits per heavy atom. The van der Waals surface area contributed by atoms with E-state index in [0.29, 0.717) is 25.7 Å². The number of aliphatic imine (C=N–C) groups is 1. The maximum atomic E-state index is 5.69. The van der Waals surface area contributed by atoms with Crippen molar-refractivity contribution in [3.63, 3.8) is 0 Å². The van der Waals surface area contributed by atoms with Gasteiger partial charge in [0.2, 0.25) is 0 Å². The second-order valence-electron chi connectivity index (χ2n) is 5.76. The van der Waals surface area contributed by atoms with Gasteiger partial charge in [-0.1, -0.05) is 6.07 Å². The van der Waals surface area contributed by atoms with Crippen LogP contribution in [0.4, 0.5) is 5.82 Å². The van der Waals surface area contributed by atoms with E-state index in [1.54, 1.807) is 14.2 Å². The third kappa shape index (κ3) is 7.90. The number of halogens is 1. The largest absolute Gasteiger partial charge is 0.497 e. The number of aromatic nitrogens is 1. The molecular formula is C19H28IN5O2. The maximum Gasteiger partial charge on any atom is 0.191 e. The van der Waals surface area contributed by atoms with Gasteiger partial charge in [0.25, 0.3) is 0 Å². The third-order valence-corrected chi connectivity index (χ3v) is 3.63.